The number of hydrogen-bond donors (Lipinski definition) is 2. The van der Waals surface area contributed by atoms with Crippen LogP contribution < -0.4 is 14.8 Å². The average Bonchev–Trinajstić information content (AvgIpc) is 3.01. The van der Waals surface area contributed by atoms with Crippen LogP contribution in [0.1, 0.15) is 40.3 Å². The molecule has 2 aromatic rings. The molecular weight excluding hydrogens is 338 g/mol. The number of amides is 1. The van der Waals surface area contributed by atoms with Gasteiger partial charge in [-0.05, 0) is 37.5 Å². The molecule has 0 radical (unpaired) electrons. The van der Waals surface area contributed by atoms with Crippen LogP contribution in [0, 0.1) is 6.92 Å². The van der Waals surface area contributed by atoms with Gasteiger partial charge in [-0.25, -0.2) is 4.79 Å². The van der Waals surface area contributed by atoms with Crippen LogP contribution in [-0.2, 0) is 17.8 Å². The van der Waals surface area contributed by atoms with E-state index in [1.54, 1.807) is 21.1 Å². The summed E-state index contributed by atoms with van der Waals surface area (Å²) in [5.74, 6) is 1.04. The average molecular weight is 361 g/mol. The Hall–Kier alpha value is -2.96. The minimum absolute atomic E-state index is 0.112. The van der Waals surface area contributed by atoms with Gasteiger partial charge < -0.3 is 24.3 Å². The van der Waals surface area contributed by atoms with Gasteiger partial charge in [0, 0.05) is 12.5 Å². The summed E-state index contributed by atoms with van der Waals surface area (Å²) in [6.45, 7) is 1.75. The maximum absolute atomic E-state index is 12.0. The lowest BCUT2D eigenvalue weighted by Gasteiger charge is -2.10. The summed E-state index contributed by atoms with van der Waals surface area (Å²) in [5, 5.41) is 11.7. The van der Waals surface area contributed by atoms with Crippen molar-refractivity contribution in [1.82, 2.24) is 5.32 Å². The number of carbonyl (C=O) groups is 2. The third-order valence-corrected chi connectivity index (χ3v) is 4.00. The molecule has 0 saturated heterocycles. The van der Waals surface area contributed by atoms with Crippen LogP contribution in [0.15, 0.2) is 28.7 Å². The van der Waals surface area contributed by atoms with Crippen molar-refractivity contribution in [3.8, 4) is 11.5 Å². The number of carboxylic acids is 1. The highest BCUT2D eigenvalue weighted by atomic mass is 16.5. The Labute approximate surface area is 151 Å². The molecule has 7 heteroatoms. The first-order chi connectivity index (χ1) is 12.4. The lowest BCUT2D eigenvalue weighted by Crippen LogP contribution is -2.22. The second-order valence-corrected chi connectivity index (χ2v) is 5.80. The minimum Gasteiger partial charge on any atom is -0.497 e. The summed E-state index contributed by atoms with van der Waals surface area (Å²) < 4.78 is 15.8. The van der Waals surface area contributed by atoms with Crippen LogP contribution in [0.5, 0.6) is 11.5 Å². The van der Waals surface area contributed by atoms with Crippen molar-refractivity contribution in [2.24, 2.45) is 0 Å². The van der Waals surface area contributed by atoms with Gasteiger partial charge in [0.15, 0.2) is 0 Å². The smallest absolute Gasteiger partial charge is 0.339 e. The highest BCUT2D eigenvalue weighted by Gasteiger charge is 2.14. The van der Waals surface area contributed by atoms with E-state index in [0.29, 0.717) is 30.8 Å². The Kier molecular flexibility index (Phi) is 6.66. The van der Waals surface area contributed by atoms with Crippen molar-refractivity contribution >= 4 is 11.9 Å². The van der Waals surface area contributed by atoms with Gasteiger partial charge in [0.05, 0.1) is 20.8 Å². The van der Waals surface area contributed by atoms with E-state index in [1.165, 1.54) is 6.07 Å². The Morgan fingerprint density at radius 3 is 2.58 bits per heavy atom. The zero-order valence-electron chi connectivity index (χ0n) is 15.1. The molecule has 1 aromatic heterocycles. The molecule has 0 aliphatic carbocycles. The van der Waals surface area contributed by atoms with Crippen molar-refractivity contribution in [3.63, 3.8) is 0 Å². The van der Waals surface area contributed by atoms with E-state index in [2.05, 4.69) is 5.32 Å². The van der Waals surface area contributed by atoms with E-state index in [0.717, 1.165) is 17.1 Å². The van der Waals surface area contributed by atoms with E-state index in [1.807, 2.05) is 18.2 Å². The number of benzene rings is 1. The maximum atomic E-state index is 12.0. The lowest BCUT2D eigenvalue weighted by molar-refractivity contribution is -0.121. The number of carboxylic acid groups (broad SMARTS) is 1. The van der Waals surface area contributed by atoms with Crippen LogP contribution in [-0.4, -0.2) is 31.2 Å². The molecule has 1 amide bonds. The number of aryl methyl sites for hydroxylation is 2. The van der Waals surface area contributed by atoms with Gasteiger partial charge in [-0.2, -0.15) is 0 Å². The molecule has 0 saturated carbocycles. The Balaban J connectivity index is 1.80. The zero-order chi connectivity index (χ0) is 19.1. The minimum atomic E-state index is -1.04. The zero-order valence-corrected chi connectivity index (χ0v) is 15.1. The van der Waals surface area contributed by atoms with Gasteiger partial charge in [-0.1, -0.05) is 6.07 Å². The van der Waals surface area contributed by atoms with Crippen LogP contribution in [0.2, 0.25) is 0 Å². The first-order valence-corrected chi connectivity index (χ1v) is 8.24. The molecular formula is C19H23NO6. The molecule has 1 aromatic carbocycles. The summed E-state index contributed by atoms with van der Waals surface area (Å²) in [4.78, 5) is 22.9. The second kappa shape index (κ2) is 8.94. The van der Waals surface area contributed by atoms with E-state index in [-0.39, 0.29) is 18.0 Å². The molecule has 2 N–H and O–H groups in total. The monoisotopic (exact) mass is 361 g/mol. The van der Waals surface area contributed by atoms with Crippen molar-refractivity contribution in [2.75, 3.05) is 14.2 Å². The van der Waals surface area contributed by atoms with Crippen LogP contribution in [0.3, 0.4) is 0 Å². The van der Waals surface area contributed by atoms with E-state index in [9.17, 15) is 9.59 Å². The summed E-state index contributed by atoms with van der Waals surface area (Å²) in [6, 6.07) is 7.03. The molecule has 0 aliphatic heterocycles. The molecule has 2 rings (SSSR count). The van der Waals surface area contributed by atoms with Gasteiger partial charge in [0.1, 0.15) is 28.6 Å². The summed E-state index contributed by atoms with van der Waals surface area (Å²) >= 11 is 0. The Bertz CT molecular complexity index is 780. The largest absolute Gasteiger partial charge is 0.497 e. The fourth-order valence-electron chi connectivity index (χ4n) is 2.62. The van der Waals surface area contributed by atoms with Crippen molar-refractivity contribution in [3.05, 3.63) is 46.9 Å². The van der Waals surface area contributed by atoms with Gasteiger partial charge in [-0.15, -0.1) is 0 Å². The van der Waals surface area contributed by atoms with Gasteiger partial charge in [0.25, 0.3) is 0 Å². The third-order valence-electron chi connectivity index (χ3n) is 4.00. The standard InChI is InChI=1S/C19H23NO6/c1-12-16(19(22)23)9-15(26-12)11-20-18(21)6-4-5-13-7-8-14(24-2)10-17(13)25-3/h7-10H,4-6,11H2,1-3H3,(H,20,21)(H,22,23). The van der Waals surface area contributed by atoms with E-state index >= 15 is 0 Å². The van der Waals surface area contributed by atoms with Crippen LogP contribution in [0.4, 0.5) is 0 Å². The molecule has 0 aliphatic rings. The lowest BCUT2D eigenvalue weighted by atomic mass is 10.1. The Morgan fingerprint density at radius 1 is 1.19 bits per heavy atom. The summed E-state index contributed by atoms with van der Waals surface area (Å²) in [6.07, 6.45) is 1.70. The van der Waals surface area contributed by atoms with Gasteiger partial charge >= 0.3 is 5.97 Å². The van der Waals surface area contributed by atoms with E-state index in [4.69, 9.17) is 19.0 Å². The molecule has 0 unspecified atom stereocenters. The van der Waals surface area contributed by atoms with Crippen LogP contribution in [0.25, 0.3) is 0 Å². The predicted molar refractivity (Wildman–Crippen MR) is 94.7 cm³/mol. The molecule has 0 spiro atoms. The van der Waals surface area contributed by atoms with Crippen molar-refractivity contribution in [1.29, 1.82) is 0 Å². The SMILES string of the molecule is COc1ccc(CCCC(=O)NCc2cc(C(=O)O)c(C)o2)c(OC)c1. The third kappa shape index (κ3) is 5.02. The molecule has 7 nitrogen and oxygen atoms in total. The number of carbonyl (C=O) groups excluding carboxylic acids is 1. The summed E-state index contributed by atoms with van der Waals surface area (Å²) in [5.41, 5.74) is 1.12. The molecule has 0 atom stereocenters. The Morgan fingerprint density at radius 2 is 1.96 bits per heavy atom. The number of aromatic carboxylic acids is 1. The number of hydrogen-bond acceptors (Lipinski definition) is 5. The molecule has 0 fully saturated rings. The highest BCUT2D eigenvalue weighted by Crippen LogP contribution is 2.25. The maximum Gasteiger partial charge on any atom is 0.339 e. The highest BCUT2D eigenvalue weighted by molar-refractivity contribution is 5.88. The van der Waals surface area contributed by atoms with Crippen molar-refractivity contribution < 1.29 is 28.6 Å². The van der Waals surface area contributed by atoms with Gasteiger partial charge in [0.2, 0.25) is 5.91 Å². The van der Waals surface area contributed by atoms with Crippen molar-refractivity contribution in [2.45, 2.75) is 32.7 Å². The number of methoxy groups -OCH3 is 2. The first-order valence-electron chi connectivity index (χ1n) is 8.24. The molecule has 1 heterocycles. The molecule has 26 heavy (non-hydrogen) atoms. The number of furan rings is 1. The molecule has 0 bridgehead atoms. The predicted octanol–water partition coefficient (Wildman–Crippen LogP) is 2.94. The normalized spacial score (nSPS) is 10.4. The summed E-state index contributed by atoms with van der Waals surface area (Å²) in [7, 11) is 3.19. The number of nitrogens with one attached hydrogen (secondary N) is 1. The topological polar surface area (TPSA) is 98.0 Å². The molecule has 140 valence electrons. The first kappa shape index (κ1) is 19.4. The quantitative estimate of drug-likeness (QED) is 0.713. The second-order valence-electron chi connectivity index (χ2n) is 5.80. The van der Waals surface area contributed by atoms with E-state index < -0.39 is 5.97 Å². The van der Waals surface area contributed by atoms with Crippen LogP contribution >= 0.6 is 0 Å². The number of ether oxygens (including phenoxy) is 2. The van der Waals surface area contributed by atoms with Gasteiger partial charge in [-0.3, -0.25) is 4.79 Å². The fraction of sp³-hybridized carbons (Fsp3) is 0.368. The fourth-order valence-corrected chi connectivity index (χ4v) is 2.62. The number of rotatable bonds is 9.